The highest BCUT2D eigenvalue weighted by molar-refractivity contribution is 9.10. The summed E-state index contributed by atoms with van der Waals surface area (Å²) < 4.78 is 5.55. The van der Waals surface area contributed by atoms with Crippen LogP contribution in [0.2, 0.25) is 0 Å². The zero-order chi connectivity index (χ0) is 13.8. The lowest BCUT2D eigenvalue weighted by Gasteiger charge is -2.14. The summed E-state index contributed by atoms with van der Waals surface area (Å²) in [5.74, 6) is -0.0545. The number of hydrogen-bond donors (Lipinski definition) is 1. The van der Waals surface area contributed by atoms with E-state index in [1.807, 2.05) is 0 Å². The lowest BCUT2D eigenvalue weighted by atomic mass is 10.2. The summed E-state index contributed by atoms with van der Waals surface area (Å²) in [4.78, 5) is 22.0. The number of nitrogens with one attached hydrogen (secondary N) is 1. The van der Waals surface area contributed by atoms with Gasteiger partial charge in [-0.2, -0.15) is 0 Å². The van der Waals surface area contributed by atoms with Crippen molar-refractivity contribution in [2.24, 2.45) is 0 Å². The number of amides is 1. The molecule has 0 bridgehead atoms. The Morgan fingerprint density at radius 3 is 2.84 bits per heavy atom. The summed E-state index contributed by atoms with van der Waals surface area (Å²) in [6.45, 7) is 0.531. The molecule has 1 amide bonds. The largest absolute Gasteiger partial charge is 0.488 e. The van der Waals surface area contributed by atoms with Gasteiger partial charge in [-0.3, -0.25) is 14.9 Å². The van der Waals surface area contributed by atoms with Crippen molar-refractivity contribution < 1.29 is 14.5 Å². The molecule has 1 heterocycles. The number of rotatable bonds is 3. The van der Waals surface area contributed by atoms with Gasteiger partial charge in [-0.15, -0.1) is 0 Å². The molecular weight excluding hydrogens is 316 g/mol. The Balaban J connectivity index is 2.11. The average Bonchev–Trinajstić information content (AvgIpc) is 2.39. The number of nitro benzene ring substituents is 1. The van der Waals surface area contributed by atoms with Crippen LogP contribution in [0.1, 0.15) is 12.8 Å². The Hall–Kier alpha value is -1.89. The van der Waals surface area contributed by atoms with E-state index in [2.05, 4.69) is 21.2 Å². The molecule has 1 aromatic rings. The second-order valence-electron chi connectivity index (χ2n) is 3.94. The summed E-state index contributed by atoms with van der Waals surface area (Å²) in [7, 11) is 0. The van der Waals surface area contributed by atoms with E-state index in [4.69, 9.17) is 4.74 Å². The molecule has 0 atom stereocenters. The Labute approximate surface area is 117 Å². The number of carbonyl (C=O) groups excluding carboxylic acids is 1. The maximum absolute atomic E-state index is 11.8. The Morgan fingerprint density at radius 2 is 2.26 bits per heavy atom. The van der Waals surface area contributed by atoms with Crippen molar-refractivity contribution >= 4 is 33.2 Å². The van der Waals surface area contributed by atoms with E-state index >= 15 is 0 Å². The van der Waals surface area contributed by atoms with Crippen molar-refractivity contribution in [3.05, 3.63) is 44.6 Å². The fraction of sp³-hybridized carbons (Fsp3) is 0.250. The van der Waals surface area contributed by atoms with E-state index in [1.165, 1.54) is 18.2 Å². The van der Waals surface area contributed by atoms with Gasteiger partial charge in [0.25, 0.3) is 11.6 Å². The Kier molecular flexibility index (Phi) is 4.16. The van der Waals surface area contributed by atoms with E-state index in [0.29, 0.717) is 22.5 Å². The molecule has 2 rings (SSSR count). The number of allylic oxidation sites excluding steroid dienone is 1. The van der Waals surface area contributed by atoms with Gasteiger partial charge in [-0.1, -0.05) is 0 Å². The van der Waals surface area contributed by atoms with Crippen molar-refractivity contribution in [2.75, 3.05) is 11.9 Å². The monoisotopic (exact) mass is 326 g/mol. The molecule has 19 heavy (non-hydrogen) atoms. The topological polar surface area (TPSA) is 81.5 Å². The van der Waals surface area contributed by atoms with Crippen LogP contribution in [0.15, 0.2) is 34.5 Å². The summed E-state index contributed by atoms with van der Waals surface area (Å²) in [6.07, 6.45) is 3.45. The van der Waals surface area contributed by atoms with E-state index in [1.54, 1.807) is 6.08 Å². The number of nitrogens with zero attached hydrogens (tertiary/aromatic N) is 1. The van der Waals surface area contributed by atoms with Gasteiger partial charge in [0.05, 0.1) is 16.0 Å². The van der Waals surface area contributed by atoms with Crippen LogP contribution in [0.4, 0.5) is 11.4 Å². The number of nitro groups is 1. The number of carbonyl (C=O) groups is 1. The van der Waals surface area contributed by atoms with E-state index < -0.39 is 4.92 Å². The zero-order valence-electron chi connectivity index (χ0n) is 9.89. The van der Waals surface area contributed by atoms with E-state index in [-0.39, 0.29) is 11.6 Å². The highest BCUT2D eigenvalue weighted by atomic mass is 79.9. The van der Waals surface area contributed by atoms with Crippen molar-refractivity contribution in [2.45, 2.75) is 12.8 Å². The van der Waals surface area contributed by atoms with Gasteiger partial charge in [0.1, 0.15) is 0 Å². The smallest absolute Gasteiger partial charge is 0.290 e. The van der Waals surface area contributed by atoms with Crippen LogP contribution in [0.25, 0.3) is 0 Å². The first kappa shape index (κ1) is 13.5. The van der Waals surface area contributed by atoms with E-state index in [9.17, 15) is 14.9 Å². The molecule has 0 saturated heterocycles. The molecule has 0 spiro atoms. The van der Waals surface area contributed by atoms with Crippen molar-refractivity contribution in [3.8, 4) is 0 Å². The molecule has 6 nitrogen and oxygen atoms in total. The minimum atomic E-state index is -0.498. The van der Waals surface area contributed by atoms with Crippen LogP contribution in [0.3, 0.4) is 0 Å². The molecule has 0 fully saturated rings. The Bertz CT molecular complexity index is 557. The minimum absolute atomic E-state index is 0.0499. The van der Waals surface area contributed by atoms with Gasteiger partial charge in [-0.25, -0.2) is 0 Å². The highest BCUT2D eigenvalue weighted by Crippen LogP contribution is 2.28. The van der Waals surface area contributed by atoms with Crippen molar-refractivity contribution in [1.82, 2.24) is 0 Å². The SMILES string of the molecule is O=C(Nc1ccc([N+](=O)[O-])c(Br)c1)C1=CCCCO1. The number of ether oxygens (including phenoxy) is 1. The van der Waals surface area contributed by atoms with Crippen LogP contribution < -0.4 is 5.32 Å². The molecule has 7 heteroatoms. The highest BCUT2D eigenvalue weighted by Gasteiger charge is 2.16. The second-order valence-corrected chi connectivity index (χ2v) is 4.79. The summed E-state index contributed by atoms with van der Waals surface area (Å²) >= 11 is 3.09. The van der Waals surface area contributed by atoms with Gasteiger partial charge in [0.2, 0.25) is 0 Å². The normalized spacial score (nSPS) is 14.3. The summed E-state index contributed by atoms with van der Waals surface area (Å²) in [5, 5.41) is 13.3. The van der Waals surface area contributed by atoms with Gasteiger partial charge in [0.15, 0.2) is 5.76 Å². The standard InChI is InChI=1S/C12H11BrN2O4/c13-9-7-8(4-5-10(9)15(17)18)14-12(16)11-3-1-2-6-19-11/h3-5,7H,1-2,6H2,(H,14,16). The maximum Gasteiger partial charge on any atom is 0.290 e. The van der Waals surface area contributed by atoms with Crippen LogP contribution in [-0.4, -0.2) is 17.4 Å². The average molecular weight is 327 g/mol. The first-order valence-corrected chi connectivity index (χ1v) is 6.45. The Morgan fingerprint density at radius 1 is 1.47 bits per heavy atom. The predicted molar refractivity (Wildman–Crippen MR) is 72.7 cm³/mol. The molecule has 1 N–H and O–H groups in total. The van der Waals surface area contributed by atoms with Gasteiger partial charge < -0.3 is 10.1 Å². The molecule has 0 unspecified atom stereocenters. The number of halogens is 1. The third kappa shape index (κ3) is 3.31. The molecule has 0 aromatic heterocycles. The molecule has 0 radical (unpaired) electrons. The maximum atomic E-state index is 11.8. The molecular formula is C12H11BrN2O4. The lowest BCUT2D eigenvalue weighted by Crippen LogP contribution is -2.18. The zero-order valence-corrected chi connectivity index (χ0v) is 11.5. The number of hydrogen-bond acceptors (Lipinski definition) is 4. The summed E-state index contributed by atoms with van der Waals surface area (Å²) in [5.41, 5.74) is 0.420. The predicted octanol–water partition coefficient (Wildman–Crippen LogP) is 2.99. The first-order chi connectivity index (χ1) is 9.08. The third-order valence-electron chi connectivity index (χ3n) is 2.56. The third-order valence-corrected chi connectivity index (χ3v) is 3.20. The van der Waals surface area contributed by atoms with Crippen LogP contribution in [0.5, 0.6) is 0 Å². The van der Waals surface area contributed by atoms with Gasteiger partial charge in [0, 0.05) is 11.8 Å². The molecule has 1 aromatic carbocycles. The van der Waals surface area contributed by atoms with Crippen LogP contribution >= 0.6 is 15.9 Å². The first-order valence-electron chi connectivity index (χ1n) is 5.66. The molecule has 0 aliphatic carbocycles. The fourth-order valence-corrected chi connectivity index (χ4v) is 2.16. The fourth-order valence-electron chi connectivity index (χ4n) is 1.64. The molecule has 1 aliphatic rings. The molecule has 0 saturated carbocycles. The molecule has 100 valence electrons. The van der Waals surface area contributed by atoms with Crippen LogP contribution in [0, 0.1) is 10.1 Å². The van der Waals surface area contributed by atoms with Crippen LogP contribution in [-0.2, 0) is 9.53 Å². The quantitative estimate of drug-likeness (QED) is 0.683. The lowest BCUT2D eigenvalue weighted by molar-refractivity contribution is -0.385. The van der Waals surface area contributed by atoms with Crippen molar-refractivity contribution in [3.63, 3.8) is 0 Å². The van der Waals surface area contributed by atoms with Gasteiger partial charge in [-0.05, 0) is 47.0 Å². The summed E-state index contributed by atoms with van der Waals surface area (Å²) in [6, 6.07) is 4.29. The van der Waals surface area contributed by atoms with E-state index in [0.717, 1.165) is 12.8 Å². The second kappa shape index (κ2) is 5.83. The minimum Gasteiger partial charge on any atom is -0.488 e. The number of anilines is 1. The van der Waals surface area contributed by atoms with Crippen molar-refractivity contribution in [1.29, 1.82) is 0 Å². The van der Waals surface area contributed by atoms with Gasteiger partial charge >= 0.3 is 0 Å². The number of benzene rings is 1. The molecule has 1 aliphatic heterocycles.